The van der Waals surface area contributed by atoms with E-state index in [0.29, 0.717) is 28.7 Å². The number of anilines is 2. The molecule has 1 aliphatic rings. The van der Waals surface area contributed by atoms with Gasteiger partial charge in [0.2, 0.25) is 11.8 Å². The van der Waals surface area contributed by atoms with Gasteiger partial charge >= 0.3 is 0 Å². The molecule has 11 heteroatoms. The minimum Gasteiger partial charge on any atom is -0.474 e. The number of aromatic nitrogens is 7. The Morgan fingerprint density at radius 3 is 2.77 bits per heavy atom. The average Bonchev–Trinajstić information content (AvgIpc) is 3.58. The molecule has 198 valence electrons. The van der Waals surface area contributed by atoms with Crippen molar-refractivity contribution in [3.8, 4) is 17.4 Å². The Morgan fingerprint density at radius 1 is 1.13 bits per heavy atom. The van der Waals surface area contributed by atoms with Crippen LogP contribution in [0, 0.1) is 0 Å². The van der Waals surface area contributed by atoms with Crippen LogP contribution >= 0.6 is 0 Å². The van der Waals surface area contributed by atoms with Gasteiger partial charge in [-0.05, 0) is 50.2 Å². The van der Waals surface area contributed by atoms with Crippen LogP contribution in [0.1, 0.15) is 12.8 Å². The van der Waals surface area contributed by atoms with Crippen LogP contribution in [-0.4, -0.2) is 65.2 Å². The first-order valence-corrected chi connectivity index (χ1v) is 12.9. The second-order valence-corrected chi connectivity index (χ2v) is 9.50. The van der Waals surface area contributed by atoms with Gasteiger partial charge in [0.1, 0.15) is 11.5 Å². The largest absolute Gasteiger partial charge is 0.474 e. The van der Waals surface area contributed by atoms with Crippen LogP contribution < -0.4 is 15.6 Å². The summed E-state index contributed by atoms with van der Waals surface area (Å²) in [5, 5.41) is 7.92. The fraction of sp³-hybridized carbons (Fsp3) is 0.250. The number of nitrogens with zero attached hydrogens (tertiary/aromatic N) is 8. The Kier molecular flexibility index (Phi) is 6.64. The van der Waals surface area contributed by atoms with E-state index in [9.17, 15) is 4.79 Å². The zero-order valence-corrected chi connectivity index (χ0v) is 21.6. The highest BCUT2D eigenvalue weighted by Gasteiger charge is 2.21. The van der Waals surface area contributed by atoms with Gasteiger partial charge in [0.25, 0.3) is 5.56 Å². The molecule has 0 radical (unpaired) electrons. The lowest BCUT2D eigenvalue weighted by atomic mass is 10.1. The zero-order valence-electron chi connectivity index (χ0n) is 21.6. The second kappa shape index (κ2) is 10.5. The van der Waals surface area contributed by atoms with Crippen molar-refractivity contribution in [3.05, 3.63) is 90.1 Å². The van der Waals surface area contributed by atoms with Crippen molar-refractivity contribution in [1.29, 1.82) is 0 Å². The lowest BCUT2D eigenvalue weighted by Crippen LogP contribution is -2.35. The van der Waals surface area contributed by atoms with Crippen LogP contribution in [0.15, 0.2) is 84.6 Å². The van der Waals surface area contributed by atoms with Gasteiger partial charge in [0.05, 0.1) is 12.2 Å². The van der Waals surface area contributed by atoms with Crippen LogP contribution in [-0.2, 0) is 6.54 Å². The normalized spacial score (nSPS) is 14.5. The van der Waals surface area contributed by atoms with Crippen molar-refractivity contribution in [1.82, 2.24) is 39.0 Å². The van der Waals surface area contributed by atoms with Gasteiger partial charge < -0.3 is 15.0 Å². The first kappa shape index (κ1) is 24.6. The molecule has 0 aliphatic carbocycles. The highest BCUT2D eigenvalue weighted by Crippen LogP contribution is 2.22. The molecule has 6 rings (SSSR count). The van der Waals surface area contributed by atoms with Crippen LogP contribution in [0.3, 0.4) is 0 Å². The van der Waals surface area contributed by atoms with Crippen LogP contribution in [0.4, 0.5) is 11.6 Å². The van der Waals surface area contributed by atoms with Gasteiger partial charge in [-0.25, -0.2) is 19.0 Å². The molecule has 11 nitrogen and oxygen atoms in total. The fourth-order valence-electron chi connectivity index (χ4n) is 4.75. The molecular weight excluding hydrogens is 494 g/mol. The summed E-state index contributed by atoms with van der Waals surface area (Å²) < 4.78 is 11.2. The molecule has 5 aromatic rings. The zero-order chi connectivity index (χ0) is 26.8. The van der Waals surface area contributed by atoms with Crippen molar-refractivity contribution in [2.45, 2.75) is 25.5 Å². The van der Waals surface area contributed by atoms with Gasteiger partial charge in [-0.1, -0.05) is 18.2 Å². The van der Waals surface area contributed by atoms with Gasteiger partial charge in [-0.2, -0.15) is 15.1 Å². The van der Waals surface area contributed by atoms with Crippen molar-refractivity contribution in [3.63, 3.8) is 0 Å². The molecule has 0 amide bonds. The van der Waals surface area contributed by atoms with E-state index in [2.05, 4.69) is 33.9 Å². The Balaban J connectivity index is 1.36. The fourth-order valence-corrected chi connectivity index (χ4v) is 4.75. The van der Waals surface area contributed by atoms with E-state index >= 15 is 0 Å². The number of allylic oxidation sites excluding steroid dienone is 1. The number of rotatable bonds is 8. The van der Waals surface area contributed by atoms with Crippen molar-refractivity contribution < 1.29 is 4.74 Å². The molecule has 5 heterocycles. The minimum absolute atomic E-state index is 0.108. The number of piperidine rings is 1. The van der Waals surface area contributed by atoms with Crippen molar-refractivity contribution in [2.75, 3.05) is 25.5 Å². The van der Waals surface area contributed by atoms with Crippen LogP contribution in [0.2, 0.25) is 0 Å². The molecule has 0 atom stereocenters. The second-order valence-electron chi connectivity index (χ2n) is 9.50. The van der Waals surface area contributed by atoms with E-state index in [1.165, 1.54) is 0 Å². The first-order valence-electron chi connectivity index (χ1n) is 12.9. The number of pyridine rings is 1. The van der Waals surface area contributed by atoms with Gasteiger partial charge in [0, 0.05) is 43.4 Å². The summed E-state index contributed by atoms with van der Waals surface area (Å²) in [6.07, 6.45) is 8.81. The standard InChI is InChI=1S/C28H29N9O2/c1-3-14-36-27(38)23-19-29-28(31-20-7-4-8-21(18-20)35-15-6-13-30-35)33-26(23)37(36)24-9-5-10-25(32-24)39-22-11-16-34(2)17-12-22/h3-10,13,15,18-19,22H,1,11-12,14,16-17H2,2H3,(H,29,31,33). The van der Waals surface area contributed by atoms with Crippen LogP contribution in [0.5, 0.6) is 5.88 Å². The quantitative estimate of drug-likeness (QED) is 0.308. The molecular formula is C28H29N9O2. The predicted octanol–water partition coefficient (Wildman–Crippen LogP) is 3.57. The summed E-state index contributed by atoms with van der Waals surface area (Å²) in [6, 6.07) is 15.2. The van der Waals surface area contributed by atoms with E-state index in [0.717, 1.165) is 37.3 Å². The SMILES string of the molecule is C=CCn1c(=O)c2cnc(Nc3cccc(-n4cccn4)c3)nc2n1-c1cccc(OC2CCN(C)CC2)n1. The van der Waals surface area contributed by atoms with E-state index in [-0.39, 0.29) is 18.2 Å². The molecule has 0 spiro atoms. The molecule has 1 aliphatic heterocycles. The summed E-state index contributed by atoms with van der Waals surface area (Å²) in [5.74, 6) is 1.40. The number of ether oxygens (including phenoxy) is 1. The molecule has 1 saturated heterocycles. The molecule has 1 fully saturated rings. The highest BCUT2D eigenvalue weighted by molar-refractivity contribution is 5.77. The third-order valence-corrected chi connectivity index (χ3v) is 6.73. The molecule has 1 N–H and O–H groups in total. The summed E-state index contributed by atoms with van der Waals surface area (Å²) in [5.41, 5.74) is 1.89. The van der Waals surface area contributed by atoms with Crippen molar-refractivity contribution >= 4 is 22.7 Å². The maximum Gasteiger partial charge on any atom is 0.278 e. The maximum atomic E-state index is 13.3. The van der Waals surface area contributed by atoms with Gasteiger partial charge in [-0.3, -0.25) is 4.79 Å². The maximum absolute atomic E-state index is 13.3. The number of likely N-dealkylation sites (tertiary alicyclic amines) is 1. The van der Waals surface area contributed by atoms with E-state index < -0.39 is 0 Å². The van der Waals surface area contributed by atoms with Crippen molar-refractivity contribution in [2.24, 2.45) is 0 Å². The van der Waals surface area contributed by atoms with Gasteiger partial charge in [-0.15, -0.1) is 6.58 Å². The third kappa shape index (κ3) is 5.04. The third-order valence-electron chi connectivity index (χ3n) is 6.73. The Bertz CT molecular complexity index is 1660. The lowest BCUT2D eigenvalue weighted by Gasteiger charge is -2.29. The minimum atomic E-state index is -0.222. The lowest BCUT2D eigenvalue weighted by molar-refractivity contribution is 0.110. The average molecular weight is 524 g/mol. The molecule has 0 unspecified atom stereocenters. The Hall–Kier alpha value is -4.77. The number of fused-ring (bicyclic) bond motifs is 1. The number of nitrogens with one attached hydrogen (secondary N) is 1. The predicted molar refractivity (Wildman–Crippen MR) is 149 cm³/mol. The number of hydrogen-bond acceptors (Lipinski definition) is 8. The van der Waals surface area contributed by atoms with E-state index in [1.807, 2.05) is 54.7 Å². The number of benzene rings is 1. The van der Waals surface area contributed by atoms with Gasteiger partial charge in [0.15, 0.2) is 11.5 Å². The molecule has 0 saturated carbocycles. The smallest absolute Gasteiger partial charge is 0.278 e. The highest BCUT2D eigenvalue weighted by atomic mass is 16.5. The Morgan fingerprint density at radius 2 is 1.97 bits per heavy atom. The summed E-state index contributed by atoms with van der Waals surface area (Å²) >= 11 is 0. The summed E-state index contributed by atoms with van der Waals surface area (Å²) in [6.45, 7) is 6.09. The van der Waals surface area contributed by atoms with E-state index in [4.69, 9.17) is 14.7 Å². The summed E-state index contributed by atoms with van der Waals surface area (Å²) in [7, 11) is 2.12. The van der Waals surface area contributed by atoms with E-state index in [1.54, 1.807) is 32.5 Å². The molecule has 1 aromatic carbocycles. The molecule has 0 bridgehead atoms. The topological polar surface area (TPSA) is 108 Å². The summed E-state index contributed by atoms with van der Waals surface area (Å²) in [4.78, 5) is 29.5. The molecule has 39 heavy (non-hydrogen) atoms. The number of hydrogen-bond donors (Lipinski definition) is 1. The Labute approximate surface area is 225 Å². The van der Waals surface area contributed by atoms with Crippen LogP contribution in [0.25, 0.3) is 22.5 Å². The molecule has 4 aromatic heterocycles. The monoisotopic (exact) mass is 523 g/mol. The first-order chi connectivity index (χ1) is 19.1.